The lowest BCUT2D eigenvalue weighted by atomic mass is 9.77. The number of nitrogens with one attached hydrogen (secondary N) is 2. The highest BCUT2D eigenvalue weighted by Gasteiger charge is 2.53. The van der Waals surface area contributed by atoms with Crippen LogP contribution >= 0.6 is 0 Å². The number of pyridine rings is 1. The van der Waals surface area contributed by atoms with Crippen LogP contribution in [-0.2, 0) is 22.7 Å². The third-order valence-corrected chi connectivity index (χ3v) is 13.7. The number of anilines is 2. The van der Waals surface area contributed by atoms with Crippen molar-refractivity contribution in [2.45, 2.75) is 88.8 Å². The van der Waals surface area contributed by atoms with Crippen LogP contribution in [0.2, 0.25) is 0 Å². The molecule has 5 aromatic rings. The zero-order chi connectivity index (χ0) is 42.0. The van der Waals surface area contributed by atoms with Crippen LogP contribution in [0.4, 0.5) is 15.8 Å². The van der Waals surface area contributed by atoms with E-state index < -0.39 is 12.2 Å². The molecule has 2 aromatic heterocycles. The Hall–Kier alpha value is -5.99. The number of halogens is 1. The van der Waals surface area contributed by atoms with Gasteiger partial charge in [-0.15, -0.1) is 0 Å². The SMILES string of the molecule is CC1(CC2CC2n2nccc2-c2ccc(NC(=O)[C@H]3C[C@H](F)CN3Cc3cccc4c3OCO4)cc2)CCN(Cc2nccc3c2OCO3)C1C(=O)Nc1ccc(C2CC2)cc1. The summed E-state index contributed by atoms with van der Waals surface area (Å²) in [7, 11) is 0. The van der Waals surface area contributed by atoms with Crippen LogP contribution in [0.15, 0.2) is 91.3 Å². The van der Waals surface area contributed by atoms with Crippen LogP contribution in [0.5, 0.6) is 23.0 Å². The van der Waals surface area contributed by atoms with Crippen molar-refractivity contribution in [1.82, 2.24) is 24.6 Å². The van der Waals surface area contributed by atoms with Gasteiger partial charge in [0.1, 0.15) is 11.9 Å². The molecule has 4 aliphatic heterocycles. The van der Waals surface area contributed by atoms with Gasteiger partial charge >= 0.3 is 0 Å². The fraction of sp³-hybridized carbons (Fsp3) is 0.417. The fourth-order valence-corrected chi connectivity index (χ4v) is 10.4. The molecule has 14 heteroatoms. The van der Waals surface area contributed by atoms with Gasteiger partial charge in [-0.3, -0.25) is 29.1 Å². The number of amides is 2. The van der Waals surface area contributed by atoms with Crippen molar-refractivity contribution >= 4 is 23.2 Å². The van der Waals surface area contributed by atoms with E-state index >= 15 is 0 Å². The monoisotopic (exact) mass is 839 g/mol. The van der Waals surface area contributed by atoms with E-state index in [0.717, 1.165) is 54.0 Å². The Bertz CT molecular complexity index is 2490. The van der Waals surface area contributed by atoms with E-state index in [4.69, 9.17) is 24.0 Å². The molecule has 13 nitrogen and oxygen atoms in total. The third kappa shape index (κ3) is 7.53. The summed E-state index contributed by atoms with van der Waals surface area (Å²) in [6.07, 6.45) is 7.77. The van der Waals surface area contributed by atoms with E-state index in [1.165, 1.54) is 18.4 Å². The molecule has 2 saturated heterocycles. The van der Waals surface area contributed by atoms with Gasteiger partial charge in [0.25, 0.3) is 0 Å². The highest BCUT2D eigenvalue weighted by atomic mass is 19.1. The highest BCUT2D eigenvalue weighted by molar-refractivity contribution is 5.96. The number of fused-ring (bicyclic) bond motifs is 2. The van der Waals surface area contributed by atoms with Crippen molar-refractivity contribution in [3.8, 4) is 34.3 Å². The van der Waals surface area contributed by atoms with E-state index in [1.54, 1.807) is 6.20 Å². The van der Waals surface area contributed by atoms with Gasteiger partial charge in [0.15, 0.2) is 23.0 Å². The lowest BCUT2D eigenvalue weighted by Gasteiger charge is -2.35. The van der Waals surface area contributed by atoms with Crippen molar-refractivity contribution in [2.24, 2.45) is 11.3 Å². The molecule has 11 rings (SSSR count). The fourth-order valence-electron chi connectivity index (χ4n) is 10.4. The molecule has 4 unspecified atom stereocenters. The molecule has 2 saturated carbocycles. The topological polar surface area (TPSA) is 132 Å². The van der Waals surface area contributed by atoms with E-state index in [1.807, 2.05) is 77.8 Å². The number of likely N-dealkylation sites (tertiary alicyclic amines) is 2. The lowest BCUT2D eigenvalue weighted by Crippen LogP contribution is -2.47. The summed E-state index contributed by atoms with van der Waals surface area (Å²) in [5.74, 6) is 3.40. The average Bonchev–Trinajstić information content (AvgIpc) is 3.82. The molecule has 3 aromatic carbocycles. The number of ether oxygens (including phenoxy) is 4. The molecule has 2 N–H and O–H groups in total. The summed E-state index contributed by atoms with van der Waals surface area (Å²) >= 11 is 0. The van der Waals surface area contributed by atoms with Crippen molar-refractivity contribution in [1.29, 1.82) is 0 Å². The van der Waals surface area contributed by atoms with Crippen LogP contribution in [0.1, 0.15) is 74.2 Å². The molecular weight excluding hydrogens is 790 g/mol. The molecule has 0 radical (unpaired) electrons. The van der Waals surface area contributed by atoms with Crippen molar-refractivity contribution in [2.75, 3.05) is 37.3 Å². The largest absolute Gasteiger partial charge is 0.454 e. The Morgan fingerprint density at radius 1 is 0.806 bits per heavy atom. The molecule has 6 aliphatic rings. The molecule has 0 spiro atoms. The number of carbonyl (C=O) groups excluding carboxylic acids is 2. The second-order valence-corrected chi connectivity index (χ2v) is 18.1. The standard InChI is InChI=1S/C48H50FN7O6/c1-48(17-20-54(26-37-44-42(16-18-50-37)60-28-62-44)45(48)47(58)53-36-11-7-30(8-12-36)29-5-6-29)23-33-21-39(33)56-38(15-19-51-56)31-9-13-35(14-10-31)52-46(57)40-22-34(49)25-55(40)24-32-3-2-4-41-43(32)61-27-59-41/h2-4,7-16,18-19,29,33-34,39-40,45H,5-6,17,20-28H2,1H3,(H,52,57)(H,53,58)/t33?,34-,39?,40+,45?,48?/m0/s1. The predicted octanol–water partition coefficient (Wildman–Crippen LogP) is 7.70. The molecule has 4 fully saturated rings. The van der Waals surface area contributed by atoms with E-state index in [0.29, 0.717) is 53.6 Å². The first-order chi connectivity index (χ1) is 30.3. The maximum Gasteiger partial charge on any atom is 0.242 e. The summed E-state index contributed by atoms with van der Waals surface area (Å²) in [5, 5.41) is 11.1. The zero-order valence-corrected chi connectivity index (χ0v) is 34.7. The van der Waals surface area contributed by atoms with Gasteiger partial charge in [-0.25, -0.2) is 4.39 Å². The van der Waals surface area contributed by atoms with Gasteiger partial charge in [-0.05, 0) is 103 Å². The van der Waals surface area contributed by atoms with E-state index in [2.05, 4.69) is 44.3 Å². The first kappa shape index (κ1) is 38.9. The van der Waals surface area contributed by atoms with Crippen LogP contribution in [-0.4, -0.2) is 81.3 Å². The van der Waals surface area contributed by atoms with Gasteiger partial charge < -0.3 is 29.6 Å². The molecule has 6 heterocycles. The number of benzene rings is 3. The Kier molecular flexibility index (Phi) is 9.87. The van der Waals surface area contributed by atoms with E-state index in [-0.39, 0.29) is 55.9 Å². The van der Waals surface area contributed by atoms with Crippen LogP contribution in [0.3, 0.4) is 0 Å². The molecule has 2 amide bonds. The summed E-state index contributed by atoms with van der Waals surface area (Å²) in [6, 6.07) is 24.8. The minimum Gasteiger partial charge on any atom is -0.454 e. The lowest BCUT2D eigenvalue weighted by molar-refractivity contribution is -0.123. The van der Waals surface area contributed by atoms with Crippen LogP contribution in [0.25, 0.3) is 11.3 Å². The summed E-state index contributed by atoms with van der Waals surface area (Å²) in [6.45, 7) is 4.36. The quantitative estimate of drug-likeness (QED) is 0.122. The third-order valence-electron chi connectivity index (χ3n) is 13.7. The second-order valence-electron chi connectivity index (χ2n) is 18.1. The molecule has 0 bridgehead atoms. The maximum absolute atomic E-state index is 14.8. The summed E-state index contributed by atoms with van der Waals surface area (Å²) in [5.41, 5.74) is 6.10. The zero-order valence-electron chi connectivity index (χ0n) is 34.7. The number of alkyl halides is 1. The second kappa shape index (κ2) is 15.7. The number of hydrogen-bond acceptors (Lipinski definition) is 10. The minimum absolute atomic E-state index is 0.00714. The van der Waals surface area contributed by atoms with Crippen molar-refractivity contribution in [3.63, 3.8) is 0 Å². The van der Waals surface area contributed by atoms with Crippen LogP contribution in [0, 0.1) is 11.3 Å². The minimum atomic E-state index is -1.10. The number of hydrogen-bond donors (Lipinski definition) is 2. The molecule has 2 aliphatic carbocycles. The smallest absolute Gasteiger partial charge is 0.242 e. The van der Waals surface area contributed by atoms with Gasteiger partial charge in [-0.1, -0.05) is 43.3 Å². The number of rotatable bonds is 13. The average molecular weight is 840 g/mol. The van der Waals surface area contributed by atoms with Crippen LogP contribution < -0.4 is 29.6 Å². The van der Waals surface area contributed by atoms with E-state index in [9.17, 15) is 14.0 Å². The number of nitrogens with zero attached hydrogens (tertiary/aromatic N) is 5. The highest BCUT2D eigenvalue weighted by Crippen LogP contribution is 2.55. The Labute approximate surface area is 359 Å². The Balaban J connectivity index is 0.765. The first-order valence-electron chi connectivity index (χ1n) is 21.8. The number of aromatic nitrogens is 3. The first-order valence-corrected chi connectivity index (χ1v) is 21.8. The molecular formula is C48H50FN7O6. The Morgan fingerprint density at radius 2 is 1.55 bits per heavy atom. The number of carbonyl (C=O) groups is 2. The van der Waals surface area contributed by atoms with Crippen molar-refractivity contribution < 1.29 is 32.9 Å². The predicted molar refractivity (Wildman–Crippen MR) is 229 cm³/mol. The van der Waals surface area contributed by atoms with Crippen molar-refractivity contribution in [3.05, 3.63) is 108 Å². The van der Waals surface area contributed by atoms with Gasteiger partial charge in [0.2, 0.25) is 25.4 Å². The van der Waals surface area contributed by atoms with Gasteiger partial charge in [-0.2, -0.15) is 5.10 Å². The van der Waals surface area contributed by atoms with Gasteiger partial charge in [0.05, 0.1) is 23.8 Å². The summed E-state index contributed by atoms with van der Waals surface area (Å²) < 4.78 is 39.5. The molecule has 6 atom stereocenters. The molecule has 62 heavy (non-hydrogen) atoms. The van der Waals surface area contributed by atoms with Gasteiger partial charge in [0, 0.05) is 61.5 Å². The normalized spacial score (nSPS) is 26.2. The maximum atomic E-state index is 14.8. The summed E-state index contributed by atoms with van der Waals surface area (Å²) in [4.78, 5) is 36.8. The number of para-hydroxylation sites is 1. The molecule has 320 valence electrons. The Morgan fingerprint density at radius 3 is 2.34 bits per heavy atom.